The predicted octanol–water partition coefficient (Wildman–Crippen LogP) is 2.33. The van der Waals surface area contributed by atoms with E-state index in [-0.39, 0.29) is 0 Å². The lowest BCUT2D eigenvalue weighted by atomic mass is 10.1. The second-order valence-electron chi connectivity index (χ2n) is 3.94. The van der Waals surface area contributed by atoms with Gasteiger partial charge in [-0.1, -0.05) is 17.2 Å². The van der Waals surface area contributed by atoms with E-state index in [9.17, 15) is 4.79 Å². The molecule has 0 amide bonds. The van der Waals surface area contributed by atoms with E-state index in [0.29, 0.717) is 25.1 Å². The average Bonchev–Trinajstić information content (AvgIpc) is 2.50. The smallest absolute Gasteiger partial charge is 0.337 e. The van der Waals surface area contributed by atoms with Crippen molar-refractivity contribution in [3.05, 3.63) is 45.8 Å². The Kier molecular flexibility index (Phi) is 6.62. The van der Waals surface area contributed by atoms with Gasteiger partial charge in [0.2, 0.25) is 0 Å². The second kappa shape index (κ2) is 8.53. The third-order valence-corrected chi connectivity index (χ3v) is 2.64. The van der Waals surface area contributed by atoms with Gasteiger partial charge in [0.15, 0.2) is 0 Å². The van der Waals surface area contributed by atoms with Gasteiger partial charge in [-0.15, -0.1) is 0 Å². The van der Waals surface area contributed by atoms with Crippen molar-refractivity contribution in [3.63, 3.8) is 0 Å². The molecule has 0 fully saturated rings. The van der Waals surface area contributed by atoms with Crippen LogP contribution in [-0.2, 0) is 4.74 Å². The minimum atomic E-state index is -0.465. The monoisotopic (exact) mass is 273 g/mol. The maximum atomic E-state index is 11.3. The molecule has 0 radical (unpaired) electrons. The molecule has 104 valence electrons. The third-order valence-electron chi connectivity index (χ3n) is 2.64. The number of carbonyl (C=O) groups is 1. The van der Waals surface area contributed by atoms with Crippen molar-refractivity contribution in [1.29, 1.82) is 5.26 Å². The molecule has 0 aliphatic carbocycles. The van der Waals surface area contributed by atoms with Crippen LogP contribution in [0.15, 0.2) is 29.4 Å². The molecule has 0 spiro atoms. The van der Waals surface area contributed by atoms with Gasteiger partial charge in [-0.25, -0.2) is 4.79 Å². The molecule has 7 heteroatoms. The molecule has 1 atom stereocenters. The highest BCUT2D eigenvalue weighted by molar-refractivity contribution is 5.89. The highest BCUT2D eigenvalue weighted by atomic mass is 16.5. The number of hydrogen-bond donors (Lipinski definition) is 1. The number of esters is 1. The predicted molar refractivity (Wildman–Crippen MR) is 72.8 cm³/mol. The zero-order valence-electron chi connectivity index (χ0n) is 11.1. The summed E-state index contributed by atoms with van der Waals surface area (Å²) in [5.74, 6) is -0.410. The highest BCUT2D eigenvalue weighted by Crippen LogP contribution is 2.13. The fourth-order valence-electron chi connectivity index (χ4n) is 1.61. The van der Waals surface area contributed by atoms with E-state index in [1.54, 1.807) is 24.3 Å². The number of nitrogens with zero attached hydrogens (tertiary/aromatic N) is 4. The van der Waals surface area contributed by atoms with Gasteiger partial charge in [0.25, 0.3) is 0 Å². The summed E-state index contributed by atoms with van der Waals surface area (Å²) in [6, 6.07) is 8.33. The first kappa shape index (κ1) is 15.5. The lowest BCUT2D eigenvalue weighted by Gasteiger charge is -2.11. The van der Waals surface area contributed by atoms with Gasteiger partial charge >= 0.3 is 5.97 Å². The van der Waals surface area contributed by atoms with E-state index in [4.69, 9.17) is 10.8 Å². The number of benzene rings is 1. The van der Waals surface area contributed by atoms with Crippen LogP contribution in [-0.4, -0.2) is 26.2 Å². The number of hydrogen-bond acceptors (Lipinski definition) is 5. The van der Waals surface area contributed by atoms with Gasteiger partial charge in [0, 0.05) is 11.5 Å². The molecule has 0 aliphatic heterocycles. The molecule has 1 aromatic carbocycles. The van der Waals surface area contributed by atoms with Crippen LogP contribution in [0, 0.1) is 11.3 Å². The molecule has 1 aromatic rings. The topological polar surface area (TPSA) is 111 Å². The van der Waals surface area contributed by atoms with E-state index in [1.807, 2.05) is 0 Å². The molecule has 20 heavy (non-hydrogen) atoms. The van der Waals surface area contributed by atoms with Crippen molar-refractivity contribution >= 4 is 5.97 Å². The molecule has 1 unspecified atom stereocenters. The maximum absolute atomic E-state index is 11.3. The molecule has 0 saturated heterocycles. The molecule has 0 aliphatic rings. The van der Waals surface area contributed by atoms with Gasteiger partial charge < -0.3 is 4.74 Å². The van der Waals surface area contributed by atoms with E-state index in [2.05, 4.69) is 26.1 Å². The lowest BCUT2D eigenvalue weighted by Crippen LogP contribution is -2.21. The fourth-order valence-corrected chi connectivity index (χ4v) is 1.61. The van der Waals surface area contributed by atoms with Crippen LogP contribution < -0.4 is 5.32 Å². The van der Waals surface area contributed by atoms with E-state index < -0.39 is 12.0 Å². The Morgan fingerprint density at radius 1 is 1.55 bits per heavy atom. The Hall–Kier alpha value is -2.55. The summed E-state index contributed by atoms with van der Waals surface area (Å²) in [4.78, 5) is 13.9. The van der Waals surface area contributed by atoms with Crippen LogP contribution in [0.3, 0.4) is 0 Å². The molecule has 0 aromatic heterocycles. The molecule has 0 heterocycles. The van der Waals surface area contributed by atoms with Crippen LogP contribution in [0.1, 0.15) is 28.4 Å². The highest BCUT2D eigenvalue weighted by Gasteiger charge is 2.11. The Balaban J connectivity index is 2.59. The first-order valence-electron chi connectivity index (χ1n) is 6.05. The average molecular weight is 273 g/mol. The molecule has 0 bridgehead atoms. The summed E-state index contributed by atoms with van der Waals surface area (Å²) in [6.45, 7) is 0.957. The first-order chi connectivity index (χ1) is 9.72. The summed E-state index contributed by atoms with van der Waals surface area (Å²) < 4.78 is 4.61. The van der Waals surface area contributed by atoms with Crippen molar-refractivity contribution < 1.29 is 9.53 Å². The van der Waals surface area contributed by atoms with Crippen molar-refractivity contribution in [2.75, 3.05) is 20.2 Å². The van der Waals surface area contributed by atoms with Gasteiger partial charge in [-0.3, -0.25) is 5.32 Å². The van der Waals surface area contributed by atoms with E-state index >= 15 is 0 Å². The molecule has 1 N–H and O–H groups in total. The lowest BCUT2D eigenvalue weighted by molar-refractivity contribution is 0.0600. The summed E-state index contributed by atoms with van der Waals surface area (Å²) in [5, 5.41) is 15.6. The van der Waals surface area contributed by atoms with Gasteiger partial charge in [0.1, 0.15) is 6.04 Å². The van der Waals surface area contributed by atoms with Crippen molar-refractivity contribution in [1.82, 2.24) is 5.32 Å². The summed E-state index contributed by atoms with van der Waals surface area (Å²) >= 11 is 0. The quantitative estimate of drug-likeness (QED) is 0.270. The van der Waals surface area contributed by atoms with Crippen molar-refractivity contribution in [3.8, 4) is 6.07 Å². The van der Waals surface area contributed by atoms with Crippen LogP contribution in [0.5, 0.6) is 0 Å². The van der Waals surface area contributed by atoms with Gasteiger partial charge in [-0.2, -0.15) is 5.26 Å². The Bertz CT molecular complexity index is 529. The van der Waals surface area contributed by atoms with Crippen molar-refractivity contribution in [2.24, 2.45) is 5.11 Å². The van der Waals surface area contributed by atoms with Gasteiger partial charge in [0.05, 0.1) is 18.7 Å². The van der Waals surface area contributed by atoms with Crippen molar-refractivity contribution in [2.45, 2.75) is 12.5 Å². The number of ether oxygens (including phenoxy) is 1. The number of carbonyl (C=O) groups excluding carboxylic acids is 1. The van der Waals surface area contributed by atoms with Crippen LogP contribution in [0.4, 0.5) is 0 Å². The number of azide groups is 1. The number of methoxy groups -OCH3 is 1. The van der Waals surface area contributed by atoms with Crippen LogP contribution in [0.2, 0.25) is 0 Å². The zero-order chi connectivity index (χ0) is 14.8. The minimum Gasteiger partial charge on any atom is -0.465 e. The second-order valence-corrected chi connectivity index (χ2v) is 3.94. The number of rotatable bonds is 7. The standard InChI is InChI=1S/C13H15N5O2/c1-20-13(19)11-5-3-10(4-6-11)12(9-14)16-7-2-8-17-18-15/h3-6,12,16H,2,7-8H2,1H3. The molecule has 7 nitrogen and oxygen atoms in total. The molecular weight excluding hydrogens is 258 g/mol. The summed E-state index contributed by atoms with van der Waals surface area (Å²) in [6.07, 6.45) is 0.655. The zero-order valence-corrected chi connectivity index (χ0v) is 11.1. The molecular formula is C13H15N5O2. The summed E-state index contributed by atoms with van der Waals surface area (Å²) in [7, 11) is 1.32. The summed E-state index contributed by atoms with van der Waals surface area (Å²) in [5.41, 5.74) is 9.35. The largest absolute Gasteiger partial charge is 0.465 e. The molecule has 0 saturated carbocycles. The molecule has 1 rings (SSSR count). The normalized spacial score (nSPS) is 11.0. The maximum Gasteiger partial charge on any atom is 0.337 e. The third kappa shape index (κ3) is 4.61. The SMILES string of the molecule is COC(=O)c1ccc(C(C#N)NCCCN=[N+]=[N-])cc1. The fraction of sp³-hybridized carbons (Fsp3) is 0.385. The van der Waals surface area contributed by atoms with E-state index in [0.717, 1.165) is 5.56 Å². The van der Waals surface area contributed by atoms with Gasteiger partial charge in [-0.05, 0) is 36.2 Å². The Labute approximate surface area is 116 Å². The Morgan fingerprint density at radius 2 is 2.25 bits per heavy atom. The van der Waals surface area contributed by atoms with Crippen LogP contribution >= 0.6 is 0 Å². The van der Waals surface area contributed by atoms with E-state index in [1.165, 1.54) is 7.11 Å². The Morgan fingerprint density at radius 3 is 2.80 bits per heavy atom. The number of nitrogens with one attached hydrogen (secondary N) is 1. The number of nitriles is 1. The van der Waals surface area contributed by atoms with Crippen LogP contribution in [0.25, 0.3) is 10.4 Å². The minimum absolute atomic E-state index is 0.392. The first-order valence-corrected chi connectivity index (χ1v) is 6.05.